The third-order valence-electron chi connectivity index (χ3n) is 2.49. The van der Waals surface area contributed by atoms with Gasteiger partial charge in [-0.3, -0.25) is 9.59 Å². The van der Waals surface area contributed by atoms with E-state index in [1.807, 2.05) is 6.92 Å². The number of carbonyl (C=O) groups excluding carboxylic acids is 2. The third-order valence-corrected chi connectivity index (χ3v) is 3.37. The summed E-state index contributed by atoms with van der Waals surface area (Å²) in [6, 6.07) is -0.648. The Bertz CT molecular complexity index is 466. The molecule has 0 bridgehead atoms. The van der Waals surface area contributed by atoms with Crippen molar-refractivity contribution in [1.82, 2.24) is 20.8 Å². The van der Waals surface area contributed by atoms with Gasteiger partial charge in [0.2, 0.25) is 16.0 Å². The van der Waals surface area contributed by atoms with Crippen molar-refractivity contribution in [3.05, 3.63) is 5.01 Å². The van der Waals surface area contributed by atoms with Gasteiger partial charge in [0.05, 0.1) is 6.61 Å². The molecule has 0 saturated carbocycles. The lowest BCUT2D eigenvalue weighted by Gasteiger charge is -2.12. The Morgan fingerprint density at radius 3 is 2.76 bits per heavy atom. The maximum Gasteiger partial charge on any atom is 0.282 e. The lowest BCUT2D eigenvalue weighted by molar-refractivity contribution is -0.122. The summed E-state index contributed by atoms with van der Waals surface area (Å²) in [6.45, 7) is 5.24. The molecular formula is C12H21N5O3S. The van der Waals surface area contributed by atoms with Crippen LogP contribution in [0.25, 0.3) is 0 Å². The van der Waals surface area contributed by atoms with Gasteiger partial charge in [-0.15, -0.1) is 10.2 Å². The van der Waals surface area contributed by atoms with E-state index in [1.54, 1.807) is 14.0 Å². The molecule has 1 aromatic rings. The number of hydrogen-bond acceptors (Lipinski definition) is 7. The van der Waals surface area contributed by atoms with Crippen LogP contribution >= 0.6 is 11.3 Å². The highest BCUT2D eigenvalue weighted by atomic mass is 32.1. The van der Waals surface area contributed by atoms with Crippen molar-refractivity contribution in [2.75, 3.05) is 32.1 Å². The van der Waals surface area contributed by atoms with E-state index in [0.29, 0.717) is 18.3 Å². The molecule has 0 aliphatic carbocycles. The molecule has 9 heteroatoms. The average molecular weight is 315 g/mol. The minimum absolute atomic E-state index is 0.227. The van der Waals surface area contributed by atoms with Crippen LogP contribution in [-0.4, -0.2) is 54.9 Å². The molecule has 0 spiro atoms. The van der Waals surface area contributed by atoms with Crippen LogP contribution in [0, 0.1) is 0 Å². The van der Waals surface area contributed by atoms with Gasteiger partial charge in [-0.25, -0.2) is 0 Å². The van der Waals surface area contributed by atoms with Crippen LogP contribution in [0.4, 0.5) is 5.13 Å². The van der Waals surface area contributed by atoms with Gasteiger partial charge < -0.3 is 20.7 Å². The monoisotopic (exact) mass is 315 g/mol. The molecule has 1 heterocycles. The molecule has 0 aliphatic heterocycles. The minimum Gasteiger partial charge on any atom is -0.383 e. The topological polar surface area (TPSA) is 105 Å². The van der Waals surface area contributed by atoms with Gasteiger partial charge >= 0.3 is 0 Å². The Balaban J connectivity index is 2.44. The average Bonchev–Trinajstić information content (AvgIpc) is 2.94. The van der Waals surface area contributed by atoms with E-state index in [-0.39, 0.29) is 10.9 Å². The number of ether oxygens (including phenoxy) is 1. The fourth-order valence-corrected chi connectivity index (χ4v) is 2.04. The van der Waals surface area contributed by atoms with Gasteiger partial charge in [-0.2, -0.15) is 0 Å². The Kier molecular flexibility index (Phi) is 7.62. The molecule has 118 valence electrons. The summed E-state index contributed by atoms with van der Waals surface area (Å²) in [4.78, 5) is 23.6. The lowest BCUT2D eigenvalue weighted by atomic mass is 10.3. The molecule has 1 rings (SSSR count). The van der Waals surface area contributed by atoms with E-state index in [2.05, 4.69) is 26.1 Å². The summed E-state index contributed by atoms with van der Waals surface area (Å²) in [5.74, 6) is -0.680. The fraction of sp³-hybridized carbons (Fsp3) is 0.667. The molecule has 1 unspecified atom stereocenters. The molecule has 0 radical (unpaired) electrons. The van der Waals surface area contributed by atoms with Crippen LogP contribution in [0.3, 0.4) is 0 Å². The molecular weight excluding hydrogens is 294 g/mol. The predicted octanol–water partition coefficient (Wildman–Crippen LogP) is 0.241. The number of nitrogens with zero attached hydrogens (tertiary/aromatic N) is 2. The number of methoxy groups -OCH3 is 1. The first-order valence-electron chi connectivity index (χ1n) is 6.73. The van der Waals surface area contributed by atoms with Crippen LogP contribution in [0.1, 0.15) is 30.1 Å². The van der Waals surface area contributed by atoms with Gasteiger partial charge in [0, 0.05) is 20.2 Å². The summed E-state index contributed by atoms with van der Waals surface area (Å²) in [5, 5.41) is 16.8. The number of rotatable bonds is 9. The van der Waals surface area contributed by atoms with E-state index < -0.39 is 11.9 Å². The van der Waals surface area contributed by atoms with Crippen LogP contribution in [0.2, 0.25) is 0 Å². The highest BCUT2D eigenvalue weighted by Crippen LogP contribution is 2.14. The SMILES string of the molecule is CCCNc1nnc(C(=O)NC(C)C(=O)NCCOC)s1. The number of nitrogens with one attached hydrogen (secondary N) is 3. The Morgan fingerprint density at radius 1 is 1.33 bits per heavy atom. The van der Waals surface area contributed by atoms with Crippen molar-refractivity contribution >= 4 is 28.3 Å². The smallest absolute Gasteiger partial charge is 0.282 e. The second-order valence-corrected chi connectivity index (χ2v) is 5.30. The minimum atomic E-state index is -0.648. The van der Waals surface area contributed by atoms with Gasteiger partial charge in [0.15, 0.2) is 0 Å². The van der Waals surface area contributed by atoms with Crippen molar-refractivity contribution in [2.45, 2.75) is 26.3 Å². The van der Waals surface area contributed by atoms with Gasteiger partial charge in [0.1, 0.15) is 6.04 Å². The molecule has 0 fully saturated rings. The normalized spacial score (nSPS) is 11.8. The Hall–Kier alpha value is -1.74. The second kappa shape index (κ2) is 9.24. The number of amides is 2. The van der Waals surface area contributed by atoms with Crippen molar-refractivity contribution in [3.63, 3.8) is 0 Å². The molecule has 0 aliphatic rings. The van der Waals surface area contributed by atoms with Crippen molar-refractivity contribution in [3.8, 4) is 0 Å². The largest absolute Gasteiger partial charge is 0.383 e. The van der Waals surface area contributed by atoms with Crippen molar-refractivity contribution in [2.24, 2.45) is 0 Å². The summed E-state index contributed by atoms with van der Waals surface area (Å²) < 4.78 is 4.83. The summed E-state index contributed by atoms with van der Waals surface area (Å²) in [6.07, 6.45) is 0.958. The van der Waals surface area contributed by atoms with Crippen LogP contribution in [0.15, 0.2) is 0 Å². The number of carbonyl (C=O) groups is 2. The maximum absolute atomic E-state index is 11.9. The fourth-order valence-electron chi connectivity index (χ4n) is 1.37. The summed E-state index contributed by atoms with van der Waals surface area (Å²) in [5.41, 5.74) is 0. The van der Waals surface area contributed by atoms with Crippen molar-refractivity contribution < 1.29 is 14.3 Å². The first kappa shape index (κ1) is 17.3. The van der Waals surface area contributed by atoms with Crippen LogP contribution < -0.4 is 16.0 Å². The molecule has 1 aromatic heterocycles. The number of anilines is 1. The predicted molar refractivity (Wildman–Crippen MR) is 80.5 cm³/mol. The van der Waals surface area contributed by atoms with Gasteiger partial charge in [-0.05, 0) is 13.3 Å². The molecule has 2 amide bonds. The molecule has 3 N–H and O–H groups in total. The van der Waals surface area contributed by atoms with E-state index in [4.69, 9.17) is 4.74 Å². The Morgan fingerprint density at radius 2 is 2.10 bits per heavy atom. The highest BCUT2D eigenvalue weighted by molar-refractivity contribution is 7.17. The Labute approximate surface area is 127 Å². The molecule has 8 nitrogen and oxygen atoms in total. The molecule has 1 atom stereocenters. The first-order chi connectivity index (χ1) is 10.1. The lowest BCUT2D eigenvalue weighted by Crippen LogP contribution is -2.45. The summed E-state index contributed by atoms with van der Waals surface area (Å²) >= 11 is 1.16. The zero-order valence-electron chi connectivity index (χ0n) is 12.4. The summed E-state index contributed by atoms with van der Waals surface area (Å²) in [7, 11) is 1.55. The van der Waals surface area contributed by atoms with Crippen LogP contribution in [0.5, 0.6) is 0 Å². The molecule has 0 aromatic carbocycles. The van der Waals surface area contributed by atoms with E-state index in [0.717, 1.165) is 24.3 Å². The van der Waals surface area contributed by atoms with Gasteiger partial charge in [-0.1, -0.05) is 18.3 Å². The second-order valence-electron chi connectivity index (χ2n) is 4.32. The highest BCUT2D eigenvalue weighted by Gasteiger charge is 2.19. The van der Waals surface area contributed by atoms with E-state index in [1.165, 1.54) is 0 Å². The van der Waals surface area contributed by atoms with E-state index in [9.17, 15) is 9.59 Å². The number of aromatic nitrogens is 2. The zero-order chi connectivity index (χ0) is 15.7. The van der Waals surface area contributed by atoms with Crippen molar-refractivity contribution in [1.29, 1.82) is 0 Å². The zero-order valence-corrected chi connectivity index (χ0v) is 13.2. The third kappa shape index (κ3) is 6.05. The molecule has 0 saturated heterocycles. The first-order valence-corrected chi connectivity index (χ1v) is 7.55. The van der Waals surface area contributed by atoms with Crippen LogP contribution in [-0.2, 0) is 9.53 Å². The maximum atomic E-state index is 11.9. The van der Waals surface area contributed by atoms with Gasteiger partial charge in [0.25, 0.3) is 5.91 Å². The van der Waals surface area contributed by atoms with E-state index >= 15 is 0 Å². The standard InChI is InChI=1S/C12H21N5O3S/c1-4-5-14-12-17-16-11(21-12)10(19)15-8(2)9(18)13-6-7-20-3/h8H,4-7H2,1-3H3,(H,13,18)(H,14,17)(H,15,19). The number of hydrogen-bond donors (Lipinski definition) is 3. The molecule has 21 heavy (non-hydrogen) atoms. The quantitative estimate of drug-likeness (QED) is 0.564.